The number of carbonyl (C=O) groups excluding carboxylic acids is 2. The van der Waals surface area contributed by atoms with Gasteiger partial charge in [-0.3, -0.25) is 9.59 Å². The topological polar surface area (TPSA) is 76.0 Å². The number of halogens is 2. The SMILES string of the molecule is Cn1ccnc1C(NC(=O)CNC(=O)c1ccccc1Cl)c1cccc(F)c1. The summed E-state index contributed by atoms with van der Waals surface area (Å²) in [6.45, 7) is -0.264. The maximum Gasteiger partial charge on any atom is 0.253 e. The van der Waals surface area contributed by atoms with E-state index in [0.717, 1.165) is 0 Å². The highest BCUT2D eigenvalue weighted by Gasteiger charge is 2.21. The molecule has 1 atom stereocenters. The lowest BCUT2D eigenvalue weighted by atomic mass is 10.1. The molecule has 0 aliphatic carbocycles. The maximum absolute atomic E-state index is 13.7. The summed E-state index contributed by atoms with van der Waals surface area (Å²) in [4.78, 5) is 28.9. The lowest BCUT2D eigenvalue weighted by Crippen LogP contribution is -2.39. The van der Waals surface area contributed by atoms with Crippen molar-refractivity contribution in [2.24, 2.45) is 7.05 Å². The first-order valence-corrected chi connectivity index (χ1v) is 8.88. The Kier molecular flexibility index (Phi) is 6.06. The molecule has 0 spiro atoms. The Balaban J connectivity index is 1.72. The third kappa shape index (κ3) is 4.55. The van der Waals surface area contributed by atoms with Gasteiger partial charge in [0.2, 0.25) is 5.91 Å². The predicted octanol–water partition coefficient (Wildman–Crippen LogP) is 2.85. The van der Waals surface area contributed by atoms with Crippen LogP contribution < -0.4 is 10.6 Å². The molecule has 0 radical (unpaired) electrons. The Hall–Kier alpha value is -3.19. The Morgan fingerprint density at radius 3 is 2.68 bits per heavy atom. The zero-order valence-electron chi connectivity index (χ0n) is 15.0. The largest absolute Gasteiger partial charge is 0.343 e. The van der Waals surface area contributed by atoms with E-state index >= 15 is 0 Å². The zero-order chi connectivity index (χ0) is 20.1. The molecule has 0 bridgehead atoms. The Labute approximate surface area is 166 Å². The van der Waals surface area contributed by atoms with Gasteiger partial charge < -0.3 is 15.2 Å². The van der Waals surface area contributed by atoms with Gasteiger partial charge in [0, 0.05) is 19.4 Å². The average molecular weight is 401 g/mol. The fourth-order valence-electron chi connectivity index (χ4n) is 2.75. The van der Waals surface area contributed by atoms with Gasteiger partial charge >= 0.3 is 0 Å². The van der Waals surface area contributed by atoms with Crippen LogP contribution in [0.1, 0.15) is 27.8 Å². The number of imidazole rings is 1. The molecule has 0 aliphatic heterocycles. The molecule has 1 heterocycles. The molecule has 0 aliphatic rings. The van der Waals surface area contributed by atoms with E-state index in [1.165, 1.54) is 12.1 Å². The normalized spacial score (nSPS) is 11.7. The number of nitrogens with one attached hydrogen (secondary N) is 2. The second-order valence-electron chi connectivity index (χ2n) is 6.11. The van der Waals surface area contributed by atoms with Crippen LogP contribution in [0.25, 0.3) is 0 Å². The summed E-state index contributed by atoms with van der Waals surface area (Å²) < 4.78 is 15.4. The van der Waals surface area contributed by atoms with Gasteiger partial charge in [0.1, 0.15) is 17.7 Å². The molecular weight excluding hydrogens is 383 g/mol. The van der Waals surface area contributed by atoms with Crippen LogP contribution in [0, 0.1) is 5.82 Å². The van der Waals surface area contributed by atoms with E-state index in [1.807, 2.05) is 0 Å². The van der Waals surface area contributed by atoms with Gasteiger partial charge in [-0.15, -0.1) is 0 Å². The molecule has 1 aromatic heterocycles. The summed E-state index contributed by atoms with van der Waals surface area (Å²) in [7, 11) is 1.78. The van der Waals surface area contributed by atoms with Crippen LogP contribution in [0.2, 0.25) is 5.02 Å². The first kappa shape index (κ1) is 19.6. The number of hydrogen-bond donors (Lipinski definition) is 2. The number of carbonyl (C=O) groups is 2. The van der Waals surface area contributed by atoms with E-state index in [0.29, 0.717) is 16.4 Å². The predicted molar refractivity (Wildman–Crippen MR) is 103 cm³/mol. The second-order valence-corrected chi connectivity index (χ2v) is 6.52. The number of hydrogen-bond acceptors (Lipinski definition) is 3. The van der Waals surface area contributed by atoms with Crippen LogP contribution in [0.3, 0.4) is 0 Å². The second kappa shape index (κ2) is 8.67. The fourth-order valence-corrected chi connectivity index (χ4v) is 2.97. The molecule has 2 aromatic carbocycles. The maximum atomic E-state index is 13.7. The van der Waals surface area contributed by atoms with Gasteiger partial charge in [-0.2, -0.15) is 0 Å². The lowest BCUT2D eigenvalue weighted by molar-refractivity contribution is -0.120. The highest BCUT2D eigenvalue weighted by atomic mass is 35.5. The quantitative estimate of drug-likeness (QED) is 0.668. The van der Waals surface area contributed by atoms with Crippen molar-refractivity contribution in [2.75, 3.05) is 6.54 Å². The minimum absolute atomic E-state index is 0.264. The van der Waals surface area contributed by atoms with E-state index in [9.17, 15) is 14.0 Å². The Morgan fingerprint density at radius 1 is 1.21 bits per heavy atom. The van der Waals surface area contributed by atoms with Crippen molar-refractivity contribution >= 4 is 23.4 Å². The smallest absolute Gasteiger partial charge is 0.253 e. The van der Waals surface area contributed by atoms with Crippen molar-refractivity contribution in [2.45, 2.75) is 6.04 Å². The minimum Gasteiger partial charge on any atom is -0.343 e. The fraction of sp³-hybridized carbons (Fsp3) is 0.150. The number of benzene rings is 2. The van der Waals surface area contributed by atoms with Gasteiger partial charge in [0.05, 0.1) is 17.1 Å². The standard InChI is InChI=1S/C20H18ClFN4O2/c1-26-10-9-23-19(26)18(13-5-4-6-14(22)11-13)25-17(27)12-24-20(28)15-7-2-3-8-16(15)21/h2-11,18H,12H2,1H3,(H,24,28)(H,25,27). The van der Waals surface area contributed by atoms with Gasteiger partial charge in [0.15, 0.2) is 0 Å². The van der Waals surface area contributed by atoms with E-state index in [2.05, 4.69) is 15.6 Å². The summed E-state index contributed by atoms with van der Waals surface area (Å²) in [5.41, 5.74) is 0.822. The molecule has 2 amide bonds. The van der Waals surface area contributed by atoms with Crippen LogP contribution in [0.4, 0.5) is 4.39 Å². The molecule has 6 nitrogen and oxygen atoms in total. The molecule has 0 saturated carbocycles. The van der Waals surface area contributed by atoms with E-state index in [4.69, 9.17) is 11.6 Å². The van der Waals surface area contributed by atoms with Crippen LogP contribution in [0.5, 0.6) is 0 Å². The third-order valence-corrected chi connectivity index (χ3v) is 4.46. The molecule has 28 heavy (non-hydrogen) atoms. The van der Waals surface area contributed by atoms with Gasteiger partial charge in [0.25, 0.3) is 5.91 Å². The molecular formula is C20H18ClFN4O2. The van der Waals surface area contributed by atoms with Gasteiger partial charge in [-0.1, -0.05) is 35.9 Å². The molecule has 0 saturated heterocycles. The molecule has 3 rings (SSSR count). The first-order chi connectivity index (χ1) is 13.5. The van der Waals surface area contributed by atoms with Crippen LogP contribution >= 0.6 is 11.6 Å². The molecule has 0 fully saturated rings. The van der Waals surface area contributed by atoms with Crippen LogP contribution in [-0.2, 0) is 11.8 Å². The number of rotatable bonds is 6. The van der Waals surface area contributed by atoms with Crippen molar-refractivity contribution in [3.05, 3.63) is 88.7 Å². The summed E-state index contributed by atoms with van der Waals surface area (Å²) in [6, 6.07) is 11.8. The van der Waals surface area contributed by atoms with Crippen molar-refractivity contribution in [1.82, 2.24) is 20.2 Å². The number of amides is 2. The van der Waals surface area contributed by atoms with Crippen molar-refractivity contribution in [3.63, 3.8) is 0 Å². The summed E-state index contributed by atoms with van der Waals surface area (Å²) >= 11 is 5.99. The zero-order valence-corrected chi connectivity index (χ0v) is 15.8. The van der Waals surface area contributed by atoms with Gasteiger partial charge in [-0.25, -0.2) is 9.37 Å². The van der Waals surface area contributed by atoms with E-state index in [1.54, 1.807) is 60.4 Å². The number of aryl methyl sites for hydroxylation is 1. The number of aromatic nitrogens is 2. The van der Waals surface area contributed by atoms with Crippen LogP contribution in [0.15, 0.2) is 60.9 Å². The Bertz CT molecular complexity index is 1010. The first-order valence-electron chi connectivity index (χ1n) is 8.50. The lowest BCUT2D eigenvalue weighted by Gasteiger charge is -2.19. The highest BCUT2D eigenvalue weighted by molar-refractivity contribution is 6.33. The van der Waals surface area contributed by atoms with Gasteiger partial charge in [-0.05, 0) is 29.8 Å². The summed E-state index contributed by atoms with van der Waals surface area (Å²) in [6.07, 6.45) is 3.32. The molecule has 1 unspecified atom stereocenters. The van der Waals surface area contributed by atoms with Crippen molar-refractivity contribution in [3.8, 4) is 0 Å². The molecule has 8 heteroatoms. The summed E-state index contributed by atoms with van der Waals surface area (Å²) in [5.74, 6) is -0.785. The minimum atomic E-state index is -0.666. The summed E-state index contributed by atoms with van der Waals surface area (Å²) in [5, 5.41) is 5.62. The average Bonchev–Trinajstić information content (AvgIpc) is 3.10. The Morgan fingerprint density at radius 2 is 2.00 bits per heavy atom. The van der Waals surface area contributed by atoms with E-state index in [-0.39, 0.29) is 12.1 Å². The van der Waals surface area contributed by atoms with Crippen molar-refractivity contribution < 1.29 is 14.0 Å². The molecule has 3 aromatic rings. The molecule has 144 valence electrons. The van der Waals surface area contributed by atoms with Crippen LogP contribution in [-0.4, -0.2) is 27.9 Å². The van der Waals surface area contributed by atoms with Crippen molar-refractivity contribution in [1.29, 1.82) is 0 Å². The van der Waals surface area contributed by atoms with E-state index < -0.39 is 23.7 Å². The number of nitrogens with zero attached hydrogens (tertiary/aromatic N) is 2. The molecule has 2 N–H and O–H groups in total. The highest BCUT2D eigenvalue weighted by Crippen LogP contribution is 2.21. The monoisotopic (exact) mass is 400 g/mol. The third-order valence-electron chi connectivity index (χ3n) is 4.13.